The summed E-state index contributed by atoms with van der Waals surface area (Å²) in [5.74, 6) is -7.00. The van der Waals surface area contributed by atoms with Crippen molar-refractivity contribution in [1.82, 2.24) is 9.19 Å². The number of halogens is 5. The maximum absolute atomic E-state index is 14.1. The number of alkyl halides is 4. The van der Waals surface area contributed by atoms with Crippen LogP contribution in [0.2, 0.25) is 5.02 Å². The van der Waals surface area contributed by atoms with E-state index < -0.39 is 34.3 Å². The maximum Gasteiger partial charge on any atom is 0.283 e. The molecule has 5 nitrogen and oxygen atoms in total. The lowest BCUT2D eigenvalue weighted by molar-refractivity contribution is -0.0138. The summed E-state index contributed by atoms with van der Waals surface area (Å²) in [6, 6.07) is 8.66. The first-order valence-electron chi connectivity index (χ1n) is 9.36. The van der Waals surface area contributed by atoms with Crippen LogP contribution < -0.4 is 4.90 Å². The van der Waals surface area contributed by atoms with Crippen LogP contribution in [0.4, 0.5) is 23.4 Å². The van der Waals surface area contributed by atoms with Crippen LogP contribution in [0.15, 0.2) is 47.4 Å². The van der Waals surface area contributed by atoms with Gasteiger partial charge in [-0.1, -0.05) is 36.7 Å². The normalized spacial score (nSPS) is 19.3. The third kappa shape index (κ3) is 3.65. The van der Waals surface area contributed by atoms with Crippen LogP contribution in [-0.4, -0.2) is 36.6 Å². The van der Waals surface area contributed by atoms with Crippen LogP contribution >= 0.6 is 11.6 Å². The fraction of sp³-hybridized carbons (Fsp3) is 0.350. The molecule has 1 unspecified atom stereocenters. The molecular weight excluding hydrogens is 458 g/mol. The van der Waals surface area contributed by atoms with Crippen LogP contribution in [0.1, 0.15) is 19.4 Å². The van der Waals surface area contributed by atoms with Crippen molar-refractivity contribution < 1.29 is 26.0 Å². The number of rotatable bonds is 4. The van der Waals surface area contributed by atoms with Crippen molar-refractivity contribution in [2.45, 2.75) is 30.6 Å². The molecule has 0 spiro atoms. The summed E-state index contributed by atoms with van der Waals surface area (Å²) < 4.78 is 82.4. The first-order valence-corrected chi connectivity index (χ1v) is 11.2. The topological polar surface area (TPSA) is 55.2 Å². The van der Waals surface area contributed by atoms with Gasteiger partial charge in [-0.3, -0.25) is 0 Å². The lowest BCUT2D eigenvalue weighted by Crippen LogP contribution is -2.27. The monoisotopic (exact) mass is 475 g/mol. The van der Waals surface area contributed by atoms with E-state index in [0.29, 0.717) is 11.0 Å². The average molecular weight is 476 g/mol. The molecule has 166 valence electrons. The third-order valence-electron chi connectivity index (χ3n) is 5.41. The van der Waals surface area contributed by atoms with Gasteiger partial charge in [-0.2, -0.15) is 12.5 Å². The number of benzene rings is 2. The van der Waals surface area contributed by atoms with E-state index in [0.717, 1.165) is 24.3 Å². The first kappa shape index (κ1) is 21.9. The van der Waals surface area contributed by atoms with Gasteiger partial charge in [0.05, 0.1) is 27.4 Å². The molecule has 1 atom stereocenters. The zero-order valence-electron chi connectivity index (χ0n) is 16.5. The Morgan fingerprint density at radius 1 is 1.16 bits per heavy atom. The minimum atomic E-state index is -4.31. The fourth-order valence-corrected chi connectivity index (χ4v) is 5.14. The number of aromatic nitrogens is 2. The Hall–Kier alpha value is -2.33. The zero-order chi connectivity index (χ0) is 22.8. The van der Waals surface area contributed by atoms with Gasteiger partial charge in [0.1, 0.15) is 0 Å². The number of hydrogen-bond acceptors (Lipinski definition) is 4. The highest BCUT2D eigenvalue weighted by Crippen LogP contribution is 2.40. The largest absolute Gasteiger partial charge is 0.348 e. The molecule has 0 radical (unpaired) electrons. The second-order valence-electron chi connectivity index (χ2n) is 7.76. The smallest absolute Gasteiger partial charge is 0.283 e. The molecule has 3 aromatic rings. The van der Waals surface area contributed by atoms with Gasteiger partial charge in [-0.25, -0.2) is 17.6 Å². The maximum atomic E-state index is 14.1. The zero-order valence-corrected chi connectivity index (χ0v) is 18.1. The van der Waals surface area contributed by atoms with E-state index in [-0.39, 0.29) is 38.7 Å². The number of anilines is 1. The van der Waals surface area contributed by atoms with Crippen molar-refractivity contribution in [1.29, 1.82) is 0 Å². The molecule has 1 aromatic heterocycles. The van der Waals surface area contributed by atoms with Gasteiger partial charge in [0, 0.05) is 24.9 Å². The van der Waals surface area contributed by atoms with Crippen LogP contribution in [0.5, 0.6) is 0 Å². The number of fused-ring (bicyclic) bond motifs is 1. The Balaban J connectivity index is 1.86. The van der Waals surface area contributed by atoms with E-state index in [9.17, 15) is 26.0 Å². The molecule has 2 aromatic carbocycles. The minimum absolute atomic E-state index is 0.0232. The Bertz CT molecular complexity index is 1250. The van der Waals surface area contributed by atoms with Gasteiger partial charge >= 0.3 is 0 Å². The summed E-state index contributed by atoms with van der Waals surface area (Å²) >= 11 is 6.28. The first-order chi connectivity index (χ1) is 14.3. The van der Waals surface area contributed by atoms with Crippen molar-refractivity contribution in [3.05, 3.63) is 53.1 Å². The number of hydrogen-bond donors (Lipinski definition) is 0. The molecule has 31 heavy (non-hydrogen) atoms. The van der Waals surface area contributed by atoms with E-state index in [1.165, 1.54) is 30.0 Å². The molecule has 1 fully saturated rings. The highest BCUT2D eigenvalue weighted by molar-refractivity contribution is 7.90. The molecule has 1 aliphatic heterocycles. The Kier molecular flexibility index (Phi) is 5.01. The predicted molar refractivity (Wildman–Crippen MR) is 110 cm³/mol. The van der Waals surface area contributed by atoms with Crippen molar-refractivity contribution in [2.24, 2.45) is 5.92 Å². The molecule has 1 saturated heterocycles. The summed E-state index contributed by atoms with van der Waals surface area (Å²) in [6.07, 6.45) is 0. The van der Waals surface area contributed by atoms with E-state index in [2.05, 4.69) is 5.10 Å². The van der Waals surface area contributed by atoms with E-state index in [4.69, 9.17) is 11.6 Å². The second-order valence-corrected chi connectivity index (χ2v) is 9.94. The Morgan fingerprint density at radius 2 is 1.81 bits per heavy atom. The summed E-state index contributed by atoms with van der Waals surface area (Å²) in [5, 5.41) is 4.54. The predicted octanol–water partition coefficient (Wildman–Crippen LogP) is 5.13. The van der Waals surface area contributed by atoms with Crippen LogP contribution in [0.25, 0.3) is 10.9 Å². The summed E-state index contributed by atoms with van der Waals surface area (Å²) in [4.78, 5) is 1.04. The van der Waals surface area contributed by atoms with Gasteiger partial charge in [0.2, 0.25) is 0 Å². The molecule has 11 heteroatoms. The van der Waals surface area contributed by atoms with E-state index >= 15 is 0 Å². The molecule has 0 bridgehead atoms. The van der Waals surface area contributed by atoms with Gasteiger partial charge in [-0.05, 0) is 24.3 Å². The number of nitrogens with zero attached hydrogens (tertiary/aromatic N) is 3. The van der Waals surface area contributed by atoms with E-state index in [1.54, 1.807) is 0 Å². The Morgan fingerprint density at radius 3 is 2.35 bits per heavy atom. The molecule has 0 N–H and O–H groups in total. The van der Waals surface area contributed by atoms with Gasteiger partial charge in [0.15, 0.2) is 5.82 Å². The molecule has 0 saturated carbocycles. The minimum Gasteiger partial charge on any atom is -0.348 e. The summed E-state index contributed by atoms with van der Waals surface area (Å²) in [6.45, 7) is 1.47. The highest BCUT2D eigenvalue weighted by atomic mass is 35.5. The average Bonchev–Trinajstić information content (AvgIpc) is 3.20. The van der Waals surface area contributed by atoms with Crippen LogP contribution in [0.3, 0.4) is 0 Å². The van der Waals surface area contributed by atoms with Crippen molar-refractivity contribution in [3.8, 4) is 0 Å². The SMILES string of the molecule is CC1CN(c2nn(S(=O)(=O)c3ccc(C(C)(F)F)cc3)c3cccc(Cl)c23)CC1(F)F. The molecule has 2 heterocycles. The lowest BCUT2D eigenvalue weighted by Gasteiger charge is -2.15. The summed E-state index contributed by atoms with van der Waals surface area (Å²) in [7, 11) is -4.31. The second kappa shape index (κ2) is 7.09. The van der Waals surface area contributed by atoms with Crippen molar-refractivity contribution in [2.75, 3.05) is 18.0 Å². The lowest BCUT2D eigenvalue weighted by atomic mass is 10.1. The van der Waals surface area contributed by atoms with Crippen LogP contribution in [-0.2, 0) is 15.9 Å². The molecule has 1 aliphatic rings. The van der Waals surface area contributed by atoms with E-state index in [1.807, 2.05) is 0 Å². The van der Waals surface area contributed by atoms with Crippen molar-refractivity contribution in [3.63, 3.8) is 0 Å². The van der Waals surface area contributed by atoms with Crippen LogP contribution in [0, 0.1) is 5.92 Å². The summed E-state index contributed by atoms with van der Waals surface area (Å²) in [5.41, 5.74) is -0.232. The molecule has 0 aliphatic carbocycles. The van der Waals surface area contributed by atoms with Gasteiger partial charge in [0.25, 0.3) is 21.9 Å². The molecule has 0 amide bonds. The van der Waals surface area contributed by atoms with Gasteiger partial charge < -0.3 is 4.90 Å². The van der Waals surface area contributed by atoms with Crippen molar-refractivity contribution >= 4 is 38.3 Å². The quantitative estimate of drug-likeness (QED) is 0.491. The fourth-order valence-electron chi connectivity index (χ4n) is 3.61. The van der Waals surface area contributed by atoms with Gasteiger partial charge in [-0.15, -0.1) is 5.10 Å². The highest BCUT2D eigenvalue weighted by Gasteiger charge is 2.46. The molecule has 4 rings (SSSR count). The third-order valence-corrected chi connectivity index (χ3v) is 7.33. The molecular formula is C20H18ClF4N3O2S. The standard InChI is InChI=1S/C20H18ClF4N3O2S/c1-12-10-27(11-20(12,24)25)18-17-15(21)4-3-5-16(17)28(26-18)31(29,30)14-8-6-13(7-9-14)19(2,22)23/h3-9,12H,10-11H2,1-2H3. The Labute approximate surface area is 181 Å².